The summed E-state index contributed by atoms with van der Waals surface area (Å²) in [5, 5.41) is 2.73. The normalized spacial score (nSPS) is 12.8. The first-order chi connectivity index (χ1) is 12.2. The van der Waals surface area contributed by atoms with E-state index in [2.05, 4.69) is 10.0 Å². The molecule has 7 heteroatoms. The van der Waals surface area contributed by atoms with Gasteiger partial charge in [-0.25, -0.2) is 12.8 Å². The Morgan fingerprint density at radius 1 is 1.12 bits per heavy atom. The number of anilines is 1. The highest BCUT2D eigenvalue weighted by Crippen LogP contribution is 2.17. The van der Waals surface area contributed by atoms with Gasteiger partial charge in [0, 0.05) is 5.69 Å². The van der Waals surface area contributed by atoms with E-state index >= 15 is 0 Å². The number of halogens is 1. The Hall–Kier alpha value is -2.25. The van der Waals surface area contributed by atoms with Gasteiger partial charge in [0.2, 0.25) is 15.9 Å². The van der Waals surface area contributed by atoms with Crippen molar-refractivity contribution in [1.82, 2.24) is 4.72 Å². The molecule has 1 atom stereocenters. The standard InChI is InChI=1S/C19H23FN2O3S/c1-4-14-8-7-9-15(12-14)21-19(23)18(13(2)3)22-26(24,25)17-11-6-5-10-16(17)20/h5-13,18,22H,4H2,1-3H3,(H,21,23). The van der Waals surface area contributed by atoms with Crippen LogP contribution in [0, 0.1) is 11.7 Å². The van der Waals surface area contributed by atoms with Crippen LogP contribution in [-0.2, 0) is 21.2 Å². The average Bonchev–Trinajstić information content (AvgIpc) is 2.59. The smallest absolute Gasteiger partial charge is 0.244 e. The van der Waals surface area contributed by atoms with Crippen LogP contribution in [0.5, 0.6) is 0 Å². The molecule has 26 heavy (non-hydrogen) atoms. The Kier molecular flexibility index (Phi) is 6.50. The fraction of sp³-hybridized carbons (Fsp3) is 0.316. The van der Waals surface area contributed by atoms with Gasteiger partial charge < -0.3 is 5.32 Å². The molecule has 0 saturated carbocycles. The second-order valence-electron chi connectivity index (χ2n) is 6.32. The first-order valence-electron chi connectivity index (χ1n) is 8.41. The van der Waals surface area contributed by atoms with Gasteiger partial charge in [0.15, 0.2) is 0 Å². The van der Waals surface area contributed by atoms with Crippen molar-refractivity contribution < 1.29 is 17.6 Å². The molecule has 0 heterocycles. The average molecular weight is 378 g/mol. The van der Waals surface area contributed by atoms with E-state index in [1.165, 1.54) is 12.1 Å². The summed E-state index contributed by atoms with van der Waals surface area (Å²) in [5.74, 6) is -1.68. The lowest BCUT2D eigenvalue weighted by Gasteiger charge is -2.22. The van der Waals surface area contributed by atoms with E-state index in [4.69, 9.17) is 0 Å². The van der Waals surface area contributed by atoms with Gasteiger partial charge in [-0.05, 0) is 42.2 Å². The number of carbonyl (C=O) groups is 1. The van der Waals surface area contributed by atoms with E-state index in [0.717, 1.165) is 24.1 Å². The maximum Gasteiger partial charge on any atom is 0.244 e. The molecule has 0 saturated heterocycles. The van der Waals surface area contributed by atoms with Gasteiger partial charge in [-0.2, -0.15) is 4.72 Å². The van der Waals surface area contributed by atoms with Crippen LogP contribution in [-0.4, -0.2) is 20.4 Å². The van der Waals surface area contributed by atoms with Gasteiger partial charge in [-0.15, -0.1) is 0 Å². The molecule has 0 aliphatic rings. The Morgan fingerprint density at radius 3 is 2.42 bits per heavy atom. The quantitative estimate of drug-likeness (QED) is 0.776. The molecule has 0 spiro atoms. The molecule has 1 amide bonds. The van der Waals surface area contributed by atoms with Crippen LogP contribution in [0.1, 0.15) is 26.3 Å². The summed E-state index contributed by atoms with van der Waals surface area (Å²) in [5.41, 5.74) is 1.64. The van der Waals surface area contributed by atoms with Crippen LogP contribution in [0.25, 0.3) is 0 Å². The monoisotopic (exact) mass is 378 g/mol. The van der Waals surface area contributed by atoms with Gasteiger partial charge in [0.25, 0.3) is 0 Å². The third kappa shape index (κ3) is 4.89. The lowest BCUT2D eigenvalue weighted by Crippen LogP contribution is -2.47. The van der Waals surface area contributed by atoms with Crippen LogP contribution >= 0.6 is 0 Å². The van der Waals surface area contributed by atoms with Crippen molar-refractivity contribution in [3.05, 3.63) is 59.9 Å². The Labute approximate surface area is 153 Å². The van der Waals surface area contributed by atoms with E-state index in [1.807, 2.05) is 25.1 Å². The molecule has 2 rings (SSSR count). The van der Waals surface area contributed by atoms with Crippen molar-refractivity contribution in [3.63, 3.8) is 0 Å². The third-order valence-corrected chi connectivity index (χ3v) is 5.43. The molecule has 1 unspecified atom stereocenters. The predicted octanol–water partition coefficient (Wildman–Crippen LogP) is 3.33. The Balaban J connectivity index is 2.22. The summed E-state index contributed by atoms with van der Waals surface area (Å²) in [6, 6.07) is 11.4. The molecular weight excluding hydrogens is 355 g/mol. The zero-order valence-electron chi connectivity index (χ0n) is 15.0. The lowest BCUT2D eigenvalue weighted by atomic mass is 10.0. The Morgan fingerprint density at radius 2 is 1.81 bits per heavy atom. The zero-order chi connectivity index (χ0) is 19.3. The van der Waals surface area contributed by atoms with Gasteiger partial charge in [0.05, 0.1) is 0 Å². The third-order valence-electron chi connectivity index (χ3n) is 3.96. The lowest BCUT2D eigenvalue weighted by molar-refractivity contribution is -0.118. The summed E-state index contributed by atoms with van der Waals surface area (Å²) < 4.78 is 41.2. The topological polar surface area (TPSA) is 75.3 Å². The molecular formula is C19H23FN2O3S. The maximum absolute atomic E-state index is 13.8. The minimum atomic E-state index is -4.17. The summed E-state index contributed by atoms with van der Waals surface area (Å²) in [6.07, 6.45) is 0.817. The molecule has 0 aliphatic carbocycles. The molecule has 0 aliphatic heterocycles. The van der Waals surface area contributed by atoms with Crippen LogP contribution in [0.4, 0.5) is 10.1 Å². The summed E-state index contributed by atoms with van der Waals surface area (Å²) in [7, 11) is -4.17. The van der Waals surface area contributed by atoms with Gasteiger partial charge in [0.1, 0.15) is 16.8 Å². The van der Waals surface area contributed by atoms with Crippen molar-refractivity contribution in [2.45, 2.75) is 38.1 Å². The number of sulfonamides is 1. The second-order valence-corrected chi connectivity index (χ2v) is 8.00. The number of aryl methyl sites for hydroxylation is 1. The molecule has 2 aromatic carbocycles. The highest BCUT2D eigenvalue weighted by molar-refractivity contribution is 7.89. The number of nitrogens with one attached hydrogen (secondary N) is 2. The summed E-state index contributed by atoms with van der Waals surface area (Å²) in [4.78, 5) is 12.1. The molecule has 2 N–H and O–H groups in total. The molecule has 0 aromatic heterocycles. The zero-order valence-corrected chi connectivity index (χ0v) is 15.8. The maximum atomic E-state index is 13.8. The molecule has 0 bridgehead atoms. The number of amides is 1. The van der Waals surface area contributed by atoms with Crippen LogP contribution in [0.3, 0.4) is 0 Å². The molecule has 0 radical (unpaired) electrons. The Bertz CT molecular complexity index is 882. The first kappa shape index (κ1) is 20.1. The highest BCUT2D eigenvalue weighted by atomic mass is 32.2. The van der Waals surface area contributed by atoms with E-state index in [1.54, 1.807) is 19.9 Å². The summed E-state index contributed by atoms with van der Waals surface area (Å²) >= 11 is 0. The van der Waals surface area contributed by atoms with Crippen molar-refractivity contribution in [2.24, 2.45) is 5.92 Å². The number of hydrogen-bond acceptors (Lipinski definition) is 3. The van der Waals surface area contributed by atoms with Crippen molar-refractivity contribution in [2.75, 3.05) is 5.32 Å². The fourth-order valence-corrected chi connectivity index (χ4v) is 3.90. The largest absolute Gasteiger partial charge is 0.325 e. The van der Waals surface area contributed by atoms with Crippen molar-refractivity contribution >= 4 is 21.6 Å². The molecule has 0 fully saturated rings. The summed E-state index contributed by atoms with van der Waals surface area (Å²) in [6.45, 7) is 5.44. The predicted molar refractivity (Wildman–Crippen MR) is 99.8 cm³/mol. The van der Waals surface area contributed by atoms with E-state index in [9.17, 15) is 17.6 Å². The second kappa shape index (κ2) is 8.42. The van der Waals surface area contributed by atoms with Gasteiger partial charge in [-0.1, -0.05) is 45.0 Å². The van der Waals surface area contributed by atoms with Crippen LogP contribution in [0.2, 0.25) is 0 Å². The van der Waals surface area contributed by atoms with Gasteiger partial charge in [-0.3, -0.25) is 4.79 Å². The minimum Gasteiger partial charge on any atom is -0.325 e. The van der Waals surface area contributed by atoms with Crippen LogP contribution < -0.4 is 10.0 Å². The van der Waals surface area contributed by atoms with E-state index in [0.29, 0.717) is 5.69 Å². The fourth-order valence-electron chi connectivity index (χ4n) is 2.47. The van der Waals surface area contributed by atoms with Gasteiger partial charge >= 0.3 is 0 Å². The number of hydrogen-bond donors (Lipinski definition) is 2. The number of benzene rings is 2. The molecule has 5 nitrogen and oxygen atoms in total. The van der Waals surface area contributed by atoms with Crippen LogP contribution in [0.15, 0.2) is 53.4 Å². The van der Waals surface area contributed by atoms with Crippen molar-refractivity contribution in [3.8, 4) is 0 Å². The minimum absolute atomic E-state index is 0.328. The van der Waals surface area contributed by atoms with E-state index in [-0.39, 0.29) is 5.92 Å². The van der Waals surface area contributed by atoms with E-state index < -0.39 is 32.7 Å². The highest BCUT2D eigenvalue weighted by Gasteiger charge is 2.29. The molecule has 2 aromatic rings. The first-order valence-corrected chi connectivity index (χ1v) is 9.89. The number of carbonyl (C=O) groups excluding carboxylic acids is 1. The van der Waals surface area contributed by atoms with Crippen molar-refractivity contribution in [1.29, 1.82) is 0 Å². The SMILES string of the molecule is CCc1cccc(NC(=O)C(NS(=O)(=O)c2ccccc2F)C(C)C)c1. The number of rotatable bonds is 7. The molecule has 140 valence electrons.